The van der Waals surface area contributed by atoms with Crippen LogP contribution in [-0.2, 0) is 23.0 Å². The Labute approximate surface area is 203 Å². The molecule has 3 aromatic rings. The van der Waals surface area contributed by atoms with Crippen LogP contribution in [0.2, 0.25) is 0 Å². The summed E-state index contributed by atoms with van der Waals surface area (Å²) < 4.78 is 36.8. The summed E-state index contributed by atoms with van der Waals surface area (Å²) in [6, 6.07) is 8.57. The Morgan fingerprint density at radius 1 is 1.21 bits per heavy atom. The fourth-order valence-electron chi connectivity index (χ4n) is 3.77. The van der Waals surface area contributed by atoms with Gasteiger partial charge in [0.25, 0.3) is 15.6 Å². The van der Waals surface area contributed by atoms with Crippen LogP contribution in [0.25, 0.3) is 10.6 Å². The third-order valence-electron chi connectivity index (χ3n) is 5.61. The summed E-state index contributed by atoms with van der Waals surface area (Å²) >= 11 is 1.52. The zero-order valence-corrected chi connectivity index (χ0v) is 21.5. The SMILES string of the molecule is CCc1c(-c2cccs2)nn(CCC(C)(C)C)c(=O)c1C1=NS(=O)(=O)c2cc(OC)ccc2N1. The molecule has 0 atom stereocenters. The highest BCUT2D eigenvalue weighted by atomic mass is 32.2. The average molecular weight is 501 g/mol. The molecule has 0 aliphatic carbocycles. The molecule has 0 bridgehead atoms. The molecule has 0 amide bonds. The molecule has 1 aliphatic rings. The van der Waals surface area contributed by atoms with Crippen LogP contribution < -0.4 is 15.6 Å². The van der Waals surface area contributed by atoms with Crippen LogP contribution in [0.5, 0.6) is 5.75 Å². The van der Waals surface area contributed by atoms with Crippen molar-refractivity contribution in [2.24, 2.45) is 9.81 Å². The van der Waals surface area contributed by atoms with E-state index in [2.05, 4.69) is 30.5 Å². The molecular formula is C24H28N4O4S2. The number of hydrogen-bond donors (Lipinski definition) is 1. The van der Waals surface area contributed by atoms with E-state index in [0.717, 1.165) is 11.3 Å². The van der Waals surface area contributed by atoms with Crippen molar-refractivity contribution in [3.63, 3.8) is 0 Å². The standard InChI is InChI=1S/C24H28N4O4S2/c1-6-16-20(22-25-17-10-9-15(32-5)14-19(17)34(30,31)27-22)23(29)28(12-11-24(2,3)4)26-21(16)18-8-7-13-33-18/h7-10,13-14H,6,11-12H2,1-5H3,(H,25,27). The number of nitrogens with zero attached hydrogens (tertiary/aromatic N) is 3. The molecule has 2 aromatic heterocycles. The van der Waals surface area contributed by atoms with Gasteiger partial charge in [-0.05, 0) is 47.4 Å². The van der Waals surface area contributed by atoms with Gasteiger partial charge in [-0.2, -0.15) is 13.5 Å². The number of fused-ring (bicyclic) bond motifs is 1. The summed E-state index contributed by atoms with van der Waals surface area (Å²) in [5.41, 5.74) is 1.56. The number of rotatable bonds is 6. The molecule has 0 saturated carbocycles. The first kappa shape index (κ1) is 24.2. The highest BCUT2D eigenvalue weighted by Crippen LogP contribution is 2.33. The molecule has 0 radical (unpaired) electrons. The van der Waals surface area contributed by atoms with E-state index in [-0.39, 0.29) is 27.3 Å². The Kier molecular flexibility index (Phi) is 6.39. The van der Waals surface area contributed by atoms with Crippen molar-refractivity contribution in [2.45, 2.75) is 52.0 Å². The highest BCUT2D eigenvalue weighted by molar-refractivity contribution is 7.90. The Morgan fingerprint density at radius 3 is 2.59 bits per heavy atom. The monoisotopic (exact) mass is 500 g/mol. The number of anilines is 1. The topological polar surface area (TPSA) is 103 Å². The van der Waals surface area contributed by atoms with Gasteiger partial charge in [0.15, 0.2) is 5.84 Å². The van der Waals surface area contributed by atoms with E-state index in [4.69, 9.17) is 9.84 Å². The molecule has 10 heteroatoms. The molecule has 8 nitrogen and oxygen atoms in total. The largest absolute Gasteiger partial charge is 0.497 e. The number of thiophene rings is 1. The molecular weight excluding hydrogens is 472 g/mol. The van der Waals surface area contributed by atoms with Gasteiger partial charge < -0.3 is 10.1 Å². The number of benzene rings is 1. The predicted octanol–water partition coefficient (Wildman–Crippen LogP) is 4.54. The molecule has 3 heterocycles. The van der Waals surface area contributed by atoms with Crippen molar-refractivity contribution in [1.29, 1.82) is 0 Å². The van der Waals surface area contributed by atoms with E-state index in [9.17, 15) is 13.2 Å². The first-order valence-corrected chi connectivity index (χ1v) is 13.3. The lowest BCUT2D eigenvalue weighted by atomic mass is 9.92. The molecule has 1 aromatic carbocycles. The van der Waals surface area contributed by atoms with E-state index in [1.807, 2.05) is 24.4 Å². The molecule has 0 spiro atoms. The summed E-state index contributed by atoms with van der Waals surface area (Å²) in [6.07, 6.45) is 1.22. The zero-order chi connectivity index (χ0) is 24.7. The minimum absolute atomic E-state index is 0.00422. The van der Waals surface area contributed by atoms with Gasteiger partial charge in [-0.25, -0.2) is 4.68 Å². The predicted molar refractivity (Wildman–Crippen MR) is 136 cm³/mol. The number of aromatic nitrogens is 2. The Hall–Kier alpha value is -2.98. The summed E-state index contributed by atoms with van der Waals surface area (Å²) in [7, 11) is -2.58. The van der Waals surface area contributed by atoms with Crippen LogP contribution in [-0.4, -0.2) is 31.1 Å². The molecule has 0 fully saturated rings. The van der Waals surface area contributed by atoms with Gasteiger partial charge in [0.2, 0.25) is 0 Å². The van der Waals surface area contributed by atoms with Gasteiger partial charge in [-0.15, -0.1) is 15.7 Å². The van der Waals surface area contributed by atoms with E-state index < -0.39 is 10.0 Å². The Morgan fingerprint density at radius 2 is 1.97 bits per heavy atom. The van der Waals surface area contributed by atoms with Crippen LogP contribution in [0.4, 0.5) is 5.69 Å². The average Bonchev–Trinajstić information content (AvgIpc) is 3.31. The number of ether oxygens (including phenoxy) is 1. The second-order valence-electron chi connectivity index (χ2n) is 9.27. The molecule has 0 unspecified atom stereocenters. The number of sulfonamides is 1. The lowest BCUT2D eigenvalue weighted by Crippen LogP contribution is -2.36. The highest BCUT2D eigenvalue weighted by Gasteiger charge is 2.30. The van der Waals surface area contributed by atoms with Crippen molar-refractivity contribution < 1.29 is 13.2 Å². The number of nitrogens with one attached hydrogen (secondary N) is 1. The second kappa shape index (κ2) is 8.99. The van der Waals surface area contributed by atoms with Crippen molar-refractivity contribution in [1.82, 2.24) is 9.78 Å². The quantitative estimate of drug-likeness (QED) is 0.533. The summed E-state index contributed by atoms with van der Waals surface area (Å²) in [6.45, 7) is 8.64. The number of methoxy groups -OCH3 is 1. The van der Waals surface area contributed by atoms with Crippen LogP contribution >= 0.6 is 11.3 Å². The molecule has 34 heavy (non-hydrogen) atoms. The normalized spacial score (nSPS) is 14.8. The van der Waals surface area contributed by atoms with Crippen molar-refractivity contribution in [3.05, 3.63) is 57.2 Å². The van der Waals surface area contributed by atoms with Gasteiger partial charge in [0.05, 0.1) is 23.2 Å². The molecule has 1 N–H and O–H groups in total. The van der Waals surface area contributed by atoms with Crippen LogP contribution in [0.15, 0.2) is 49.8 Å². The van der Waals surface area contributed by atoms with Gasteiger partial charge in [0, 0.05) is 12.6 Å². The number of amidine groups is 1. The summed E-state index contributed by atoms with van der Waals surface area (Å²) in [4.78, 5) is 14.6. The Bertz CT molecular complexity index is 1420. The fraction of sp³-hybridized carbons (Fsp3) is 0.375. The third-order valence-corrected chi connectivity index (χ3v) is 7.80. The maximum absolute atomic E-state index is 13.7. The van der Waals surface area contributed by atoms with Crippen LogP contribution in [0.1, 0.15) is 45.2 Å². The van der Waals surface area contributed by atoms with Crippen LogP contribution in [0, 0.1) is 5.41 Å². The van der Waals surface area contributed by atoms with Gasteiger partial charge in [-0.3, -0.25) is 4.79 Å². The lowest BCUT2D eigenvalue weighted by molar-refractivity contribution is 0.336. The van der Waals surface area contributed by atoms with Crippen molar-refractivity contribution in [3.8, 4) is 16.3 Å². The zero-order valence-electron chi connectivity index (χ0n) is 19.9. The first-order valence-electron chi connectivity index (χ1n) is 11.0. The maximum atomic E-state index is 13.7. The van der Waals surface area contributed by atoms with Crippen molar-refractivity contribution >= 4 is 32.9 Å². The fourth-order valence-corrected chi connectivity index (χ4v) is 5.64. The van der Waals surface area contributed by atoms with Gasteiger partial charge >= 0.3 is 0 Å². The molecule has 1 aliphatic heterocycles. The summed E-state index contributed by atoms with van der Waals surface area (Å²) in [5, 5.41) is 9.75. The van der Waals surface area contributed by atoms with E-state index in [0.29, 0.717) is 35.7 Å². The minimum atomic E-state index is -4.05. The first-order chi connectivity index (χ1) is 16.0. The minimum Gasteiger partial charge on any atom is -0.497 e. The third kappa shape index (κ3) is 4.65. The second-order valence-corrected chi connectivity index (χ2v) is 11.8. The number of aryl methyl sites for hydroxylation is 1. The van der Waals surface area contributed by atoms with E-state index in [1.165, 1.54) is 29.2 Å². The molecule has 180 valence electrons. The van der Waals surface area contributed by atoms with Gasteiger partial charge in [-0.1, -0.05) is 33.8 Å². The van der Waals surface area contributed by atoms with E-state index in [1.54, 1.807) is 12.1 Å². The maximum Gasteiger partial charge on any atom is 0.286 e. The number of hydrogen-bond acceptors (Lipinski definition) is 7. The smallest absolute Gasteiger partial charge is 0.286 e. The Balaban J connectivity index is 1.94. The molecule has 4 rings (SSSR count). The van der Waals surface area contributed by atoms with E-state index >= 15 is 0 Å². The van der Waals surface area contributed by atoms with Crippen molar-refractivity contribution in [2.75, 3.05) is 12.4 Å². The summed E-state index contributed by atoms with van der Waals surface area (Å²) in [5.74, 6) is 0.426. The lowest BCUT2D eigenvalue weighted by Gasteiger charge is -2.23. The van der Waals surface area contributed by atoms with Crippen LogP contribution in [0.3, 0.4) is 0 Å². The van der Waals surface area contributed by atoms with Gasteiger partial charge in [0.1, 0.15) is 16.3 Å². The molecule has 0 saturated heterocycles.